The number of hydrogen-bond acceptors (Lipinski definition) is 6. The molecule has 0 radical (unpaired) electrons. The maximum atomic E-state index is 13.9. The molecule has 2 aliphatic carbocycles. The predicted octanol–water partition coefficient (Wildman–Crippen LogP) is 1.91. The third-order valence-corrected chi connectivity index (χ3v) is 9.38. The first kappa shape index (κ1) is 25.9. The first-order valence-electron chi connectivity index (χ1n) is 14.0. The van der Waals surface area contributed by atoms with Crippen molar-refractivity contribution in [2.24, 2.45) is 17.8 Å². The standard InChI is InChI=1S/C29H36N4O6/c1-39-24-8-4-7-20-19(24)12-22(30-20)28(38)33-14-16-5-2-3-6-18(16)25(33)27(37)31-21(23(35)15-34)11-17-13-29(9-10-29)32-26(17)36/h4,7-8,12,16-18,21,25,30,34H,2-3,5-6,9-11,13-15H2,1H3,(H,31,37)(H,32,36)/t16-,17+,18-,21-,25-/m0/s1. The van der Waals surface area contributed by atoms with Gasteiger partial charge in [-0.2, -0.15) is 0 Å². The number of rotatable bonds is 8. The van der Waals surface area contributed by atoms with E-state index >= 15 is 0 Å². The number of carbonyl (C=O) groups is 4. The van der Waals surface area contributed by atoms with Gasteiger partial charge in [-0.05, 0) is 68.6 Å². The lowest BCUT2D eigenvalue weighted by molar-refractivity contribution is -0.133. The molecule has 39 heavy (non-hydrogen) atoms. The van der Waals surface area contributed by atoms with Gasteiger partial charge in [0.25, 0.3) is 5.91 Å². The molecule has 2 saturated carbocycles. The average Bonchev–Trinajstić information content (AvgIpc) is 3.27. The van der Waals surface area contributed by atoms with Crippen molar-refractivity contribution in [3.05, 3.63) is 30.0 Å². The zero-order valence-electron chi connectivity index (χ0n) is 22.2. The Balaban J connectivity index is 1.25. The van der Waals surface area contributed by atoms with Gasteiger partial charge in [0, 0.05) is 28.9 Å². The molecule has 0 bridgehead atoms. The summed E-state index contributed by atoms with van der Waals surface area (Å²) in [6.45, 7) is -0.249. The van der Waals surface area contributed by atoms with Crippen LogP contribution in [0.3, 0.4) is 0 Å². The number of methoxy groups -OCH3 is 1. The van der Waals surface area contributed by atoms with E-state index in [1.165, 1.54) is 0 Å². The van der Waals surface area contributed by atoms with Crippen LogP contribution in [0.4, 0.5) is 0 Å². The molecule has 4 N–H and O–H groups in total. The number of hydrogen-bond donors (Lipinski definition) is 4. The van der Waals surface area contributed by atoms with Crippen LogP contribution < -0.4 is 15.4 Å². The Hall–Kier alpha value is -3.40. The number of nitrogens with one attached hydrogen (secondary N) is 3. The minimum absolute atomic E-state index is 0.00370. The second-order valence-electron chi connectivity index (χ2n) is 11.8. The first-order valence-corrected chi connectivity index (χ1v) is 14.0. The Kier molecular flexibility index (Phi) is 6.61. The van der Waals surface area contributed by atoms with E-state index in [4.69, 9.17) is 4.74 Å². The Morgan fingerprint density at radius 1 is 1.23 bits per heavy atom. The highest BCUT2D eigenvalue weighted by atomic mass is 16.5. The van der Waals surface area contributed by atoms with Gasteiger partial charge in [0.15, 0.2) is 5.78 Å². The normalized spacial score (nSPS) is 27.7. The van der Waals surface area contributed by atoms with E-state index < -0.39 is 36.3 Å². The number of aromatic amines is 1. The van der Waals surface area contributed by atoms with Crippen LogP contribution in [-0.4, -0.2) is 76.4 Å². The molecule has 3 heterocycles. The number of H-pyrrole nitrogens is 1. The van der Waals surface area contributed by atoms with Crippen molar-refractivity contribution in [2.45, 2.75) is 69.0 Å². The van der Waals surface area contributed by atoms with E-state index in [0.29, 0.717) is 24.4 Å². The van der Waals surface area contributed by atoms with Crippen LogP contribution in [0.2, 0.25) is 0 Å². The van der Waals surface area contributed by atoms with Crippen LogP contribution in [-0.2, 0) is 14.4 Å². The molecule has 2 aromatic rings. The lowest BCUT2D eigenvalue weighted by atomic mass is 9.78. The largest absolute Gasteiger partial charge is 0.496 e. The van der Waals surface area contributed by atoms with Crippen molar-refractivity contribution >= 4 is 34.4 Å². The third-order valence-electron chi connectivity index (χ3n) is 9.38. The summed E-state index contributed by atoms with van der Waals surface area (Å²) in [7, 11) is 1.58. The zero-order chi connectivity index (χ0) is 27.3. The fourth-order valence-corrected chi connectivity index (χ4v) is 7.17. The quantitative estimate of drug-likeness (QED) is 0.406. The molecule has 6 rings (SSSR count). The highest BCUT2D eigenvalue weighted by Gasteiger charge is 2.53. The molecule has 3 amide bonds. The molecule has 1 aromatic heterocycles. The van der Waals surface area contributed by atoms with E-state index in [1.54, 1.807) is 18.1 Å². The van der Waals surface area contributed by atoms with Gasteiger partial charge in [-0.1, -0.05) is 18.9 Å². The van der Waals surface area contributed by atoms with Gasteiger partial charge in [-0.15, -0.1) is 0 Å². The average molecular weight is 537 g/mol. The second-order valence-corrected chi connectivity index (χ2v) is 11.8. The summed E-state index contributed by atoms with van der Waals surface area (Å²) < 4.78 is 5.45. The number of fused-ring (bicyclic) bond motifs is 2. The smallest absolute Gasteiger partial charge is 0.271 e. The summed E-state index contributed by atoms with van der Waals surface area (Å²) >= 11 is 0. The number of aliphatic hydroxyl groups excluding tert-OH is 1. The maximum Gasteiger partial charge on any atom is 0.271 e. The Morgan fingerprint density at radius 3 is 2.74 bits per heavy atom. The zero-order valence-corrected chi connectivity index (χ0v) is 22.2. The SMILES string of the molecule is COc1cccc2[nH]c(C(=O)N3C[C@@H]4CCCC[C@@H]4[C@H]3C(=O)N[C@@H](C[C@@H]3CC4(CC4)NC3=O)C(=O)CO)cc12. The molecule has 10 heteroatoms. The van der Waals surface area contributed by atoms with Gasteiger partial charge in [-0.3, -0.25) is 19.2 Å². The number of benzene rings is 1. The number of aromatic nitrogens is 1. The summed E-state index contributed by atoms with van der Waals surface area (Å²) in [6.07, 6.45) is 6.48. The number of carbonyl (C=O) groups excluding carboxylic acids is 4. The molecule has 4 fully saturated rings. The van der Waals surface area contributed by atoms with E-state index in [9.17, 15) is 24.3 Å². The van der Waals surface area contributed by atoms with E-state index in [1.807, 2.05) is 18.2 Å². The van der Waals surface area contributed by atoms with Gasteiger partial charge in [0.1, 0.15) is 24.1 Å². The van der Waals surface area contributed by atoms with E-state index in [0.717, 1.165) is 49.4 Å². The number of ketones is 1. The molecule has 1 spiro atoms. The molecule has 2 saturated heterocycles. The molecule has 4 aliphatic rings. The topological polar surface area (TPSA) is 141 Å². The van der Waals surface area contributed by atoms with Crippen LogP contribution >= 0.6 is 0 Å². The third kappa shape index (κ3) is 4.68. The highest BCUT2D eigenvalue weighted by Crippen LogP contribution is 2.46. The van der Waals surface area contributed by atoms with Crippen molar-refractivity contribution < 1.29 is 29.0 Å². The van der Waals surface area contributed by atoms with Crippen LogP contribution in [0.1, 0.15) is 61.9 Å². The molecule has 0 unspecified atom stereocenters. The summed E-state index contributed by atoms with van der Waals surface area (Å²) in [5.41, 5.74) is 1.00. The number of amides is 3. The van der Waals surface area contributed by atoms with Crippen LogP contribution in [0.15, 0.2) is 24.3 Å². The monoisotopic (exact) mass is 536 g/mol. The molecular formula is C29H36N4O6. The lowest BCUT2D eigenvalue weighted by Crippen LogP contribution is -2.54. The summed E-state index contributed by atoms with van der Waals surface area (Å²) in [4.78, 5) is 57.9. The van der Waals surface area contributed by atoms with Gasteiger partial charge in [0.2, 0.25) is 11.8 Å². The Bertz CT molecular complexity index is 1320. The number of ether oxygens (including phenoxy) is 1. The fourth-order valence-electron chi connectivity index (χ4n) is 7.17. The van der Waals surface area contributed by atoms with Crippen LogP contribution in [0.25, 0.3) is 10.9 Å². The molecule has 1 aromatic carbocycles. The van der Waals surface area contributed by atoms with Crippen LogP contribution in [0, 0.1) is 17.8 Å². The van der Waals surface area contributed by atoms with Gasteiger partial charge in [0.05, 0.1) is 13.2 Å². The second kappa shape index (κ2) is 9.97. The number of likely N-dealkylation sites (tertiary alicyclic amines) is 1. The van der Waals surface area contributed by atoms with Gasteiger partial charge in [-0.25, -0.2) is 0 Å². The van der Waals surface area contributed by atoms with Crippen molar-refractivity contribution in [1.82, 2.24) is 20.5 Å². The summed E-state index contributed by atoms with van der Waals surface area (Å²) in [5, 5.41) is 16.3. The Morgan fingerprint density at radius 2 is 2.03 bits per heavy atom. The van der Waals surface area contributed by atoms with E-state index in [2.05, 4.69) is 15.6 Å². The van der Waals surface area contributed by atoms with Crippen molar-refractivity contribution in [2.75, 3.05) is 20.3 Å². The van der Waals surface area contributed by atoms with Crippen molar-refractivity contribution in [3.63, 3.8) is 0 Å². The Labute approximate surface area is 226 Å². The molecule has 10 nitrogen and oxygen atoms in total. The highest BCUT2D eigenvalue weighted by molar-refractivity contribution is 6.02. The van der Waals surface area contributed by atoms with Crippen LogP contribution in [0.5, 0.6) is 5.75 Å². The number of aliphatic hydroxyl groups is 1. The molecule has 208 valence electrons. The summed E-state index contributed by atoms with van der Waals surface area (Å²) in [6, 6.07) is 5.61. The number of nitrogens with zero attached hydrogens (tertiary/aromatic N) is 1. The fraction of sp³-hybridized carbons (Fsp3) is 0.586. The first-order chi connectivity index (χ1) is 18.8. The summed E-state index contributed by atoms with van der Waals surface area (Å²) in [5.74, 6) is -0.810. The van der Waals surface area contributed by atoms with E-state index in [-0.39, 0.29) is 35.6 Å². The van der Waals surface area contributed by atoms with Gasteiger partial charge < -0.3 is 30.4 Å². The predicted molar refractivity (Wildman–Crippen MR) is 142 cm³/mol. The minimum atomic E-state index is -0.982. The minimum Gasteiger partial charge on any atom is -0.496 e. The maximum absolute atomic E-state index is 13.9. The molecule has 2 aliphatic heterocycles. The lowest BCUT2D eigenvalue weighted by Gasteiger charge is -2.31. The van der Waals surface area contributed by atoms with Gasteiger partial charge >= 0.3 is 0 Å². The molecular weight excluding hydrogens is 500 g/mol. The van der Waals surface area contributed by atoms with Crippen molar-refractivity contribution in [1.29, 1.82) is 0 Å². The molecule has 5 atom stereocenters. The van der Waals surface area contributed by atoms with Crippen molar-refractivity contribution in [3.8, 4) is 5.75 Å². The number of Topliss-reactive ketones (excluding diaryl/α,β-unsaturated/α-hetero) is 1.